The minimum absolute atomic E-state index is 0.106. The maximum absolute atomic E-state index is 11.2. The number of carbonyl (C=O) groups excluding carboxylic acids is 2. The van der Waals surface area contributed by atoms with Gasteiger partial charge in [-0.1, -0.05) is 0 Å². The molecule has 0 bridgehead atoms. The fourth-order valence-corrected chi connectivity index (χ4v) is 2.89. The van der Waals surface area contributed by atoms with Gasteiger partial charge in [-0.3, -0.25) is 9.59 Å². The Morgan fingerprint density at radius 3 is 2.62 bits per heavy atom. The molecular weight excluding hydrogens is 347 g/mol. The monoisotopic (exact) mass is 352 g/mol. The maximum atomic E-state index is 11.2. The van der Waals surface area contributed by atoms with E-state index in [1.807, 2.05) is 6.07 Å². The van der Waals surface area contributed by atoms with Crippen LogP contribution >= 0.6 is 38.5 Å². The average Bonchev–Trinajstić information content (AvgIpc) is 2.01. The van der Waals surface area contributed by atoms with Crippen LogP contribution in [0.25, 0.3) is 0 Å². The smallest absolute Gasteiger partial charge is 0.161 e. The molecule has 1 aromatic carbocycles. The molecule has 0 amide bonds. The topological polar surface area (TPSA) is 34.1 Å². The van der Waals surface area contributed by atoms with E-state index in [-0.39, 0.29) is 5.78 Å². The van der Waals surface area contributed by atoms with Crippen molar-refractivity contribution in [3.63, 3.8) is 0 Å². The lowest BCUT2D eigenvalue weighted by atomic mass is 10.1. The summed E-state index contributed by atoms with van der Waals surface area (Å²) in [6.07, 6.45) is 0.698. The molecule has 0 aliphatic rings. The second-order valence-corrected chi connectivity index (χ2v) is 4.63. The highest BCUT2D eigenvalue weighted by molar-refractivity contribution is 14.1. The molecule has 13 heavy (non-hydrogen) atoms. The van der Waals surface area contributed by atoms with E-state index in [9.17, 15) is 9.59 Å². The van der Waals surface area contributed by atoms with Gasteiger partial charge < -0.3 is 0 Å². The van der Waals surface area contributed by atoms with E-state index in [0.717, 1.165) is 3.57 Å². The Labute approximate surface area is 98.0 Å². The van der Waals surface area contributed by atoms with Crippen LogP contribution in [0.4, 0.5) is 0 Å². The van der Waals surface area contributed by atoms with Crippen LogP contribution in [-0.4, -0.2) is 12.1 Å². The molecule has 2 nitrogen and oxygen atoms in total. The second-order valence-electron chi connectivity index (χ2n) is 2.53. The molecule has 4 heteroatoms. The third kappa shape index (κ3) is 2.37. The SMILES string of the molecule is CC(=O)c1c(Br)cc(I)cc1C=O. The fraction of sp³-hybridized carbons (Fsp3) is 0.111. The van der Waals surface area contributed by atoms with Crippen LogP contribution in [0.2, 0.25) is 0 Å². The molecule has 0 saturated carbocycles. The van der Waals surface area contributed by atoms with Crippen molar-refractivity contribution in [2.24, 2.45) is 0 Å². The summed E-state index contributed by atoms with van der Waals surface area (Å²) in [6, 6.07) is 3.50. The van der Waals surface area contributed by atoms with E-state index in [1.54, 1.807) is 6.07 Å². The van der Waals surface area contributed by atoms with E-state index in [4.69, 9.17) is 0 Å². The lowest BCUT2D eigenvalue weighted by Crippen LogP contribution is -2.00. The summed E-state index contributed by atoms with van der Waals surface area (Å²) < 4.78 is 1.60. The van der Waals surface area contributed by atoms with Crippen LogP contribution in [0.1, 0.15) is 27.6 Å². The van der Waals surface area contributed by atoms with Crippen LogP contribution in [0.5, 0.6) is 0 Å². The van der Waals surface area contributed by atoms with Gasteiger partial charge >= 0.3 is 0 Å². The molecule has 1 rings (SSSR count). The molecular formula is C9H6BrIO2. The first-order chi connectivity index (χ1) is 6.06. The zero-order valence-electron chi connectivity index (χ0n) is 6.80. The van der Waals surface area contributed by atoms with Crippen LogP contribution in [0, 0.1) is 3.57 Å². The highest BCUT2D eigenvalue weighted by Crippen LogP contribution is 2.23. The van der Waals surface area contributed by atoms with Crippen molar-refractivity contribution in [3.8, 4) is 0 Å². The van der Waals surface area contributed by atoms with E-state index in [2.05, 4.69) is 38.5 Å². The number of Topliss-reactive ketones (excluding diaryl/α,β-unsaturated/α-hetero) is 1. The van der Waals surface area contributed by atoms with Gasteiger partial charge in [0.25, 0.3) is 0 Å². The number of aldehydes is 1. The highest BCUT2D eigenvalue weighted by Gasteiger charge is 2.11. The minimum Gasteiger partial charge on any atom is -0.298 e. The van der Waals surface area contributed by atoms with Gasteiger partial charge in [-0.05, 0) is 57.6 Å². The van der Waals surface area contributed by atoms with Gasteiger partial charge in [0.2, 0.25) is 0 Å². The van der Waals surface area contributed by atoms with Crippen LogP contribution in [-0.2, 0) is 0 Å². The first-order valence-corrected chi connectivity index (χ1v) is 5.38. The largest absolute Gasteiger partial charge is 0.298 e. The van der Waals surface area contributed by atoms with E-state index in [1.165, 1.54) is 6.92 Å². The van der Waals surface area contributed by atoms with Crippen molar-refractivity contribution >= 4 is 50.6 Å². The fourth-order valence-electron chi connectivity index (χ4n) is 1.06. The first-order valence-electron chi connectivity index (χ1n) is 3.51. The van der Waals surface area contributed by atoms with Crippen molar-refractivity contribution < 1.29 is 9.59 Å². The molecule has 0 aromatic heterocycles. The standard InChI is InChI=1S/C9H6BrIO2/c1-5(13)9-6(4-12)2-7(11)3-8(9)10/h2-4H,1H3. The minimum atomic E-state index is -0.106. The van der Waals surface area contributed by atoms with Gasteiger partial charge in [-0.15, -0.1) is 0 Å². The van der Waals surface area contributed by atoms with Crippen molar-refractivity contribution in [2.45, 2.75) is 6.92 Å². The second kappa shape index (κ2) is 4.32. The number of carbonyl (C=O) groups is 2. The quantitative estimate of drug-likeness (QED) is 0.465. The van der Waals surface area contributed by atoms with E-state index >= 15 is 0 Å². The molecule has 0 spiro atoms. The lowest BCUT2D eigenvalue weighted by Gasteiger charge is -2.04. The zero-order chi connectivity index (χ0) is 10.0. The Morgan fingerprint density at radius 1 is 1.54 bits per heavy atom. The Morgan fingerprint density at radius 2 is 2.15 bits per heavy atom. The van der Waals surface area contributed by atoms with E-state index < -0.39 is 0 Å². The van der Waals surface area contributed by atoms with Crippen molar-refractivity contribution in [3.05, 3.63) is 31.3 Å². The van der Waals surface area contributed by atoms with Crippen LogP contribution in [0.3, 0.4) is 0 Å². The molecule has 68 valence electrons. The molecule has 0 radical (unpaired) electrons. The van der Waals surface area contributed by atoms with Gasteiger partial charge in [0.15, 0.2) is 12.1 Å². The van der Waals surface area contributed by atoms with Gasteiger partial charge in [0.05, 0.1) is 0 Å². The summed E-state index contributed by atoms with van der Waals surface area (Å²) >= 11 is 5.35. The third-order valence-electron chi connectivity index (χ3n) is 1.56. The normalized spacial score (nSPS) is 9.77. The number of hydrogen-bond donors (Lipinski definition) is 0. The molecule has 0 aliphatic heterocycles. The number of rotatable bonds is 2. The van der Waals surface area contributed by atoms with Crippen molar-refractivity contribution in [2.75, 3.05) is 0 Å². The summed E-state index contributed by atoms with van der Waals surface area (Å²) in [5.74, 6) is -0.106. The predicted octanol–water partition coefficient (Wildman–Crippen LogP) is 3.07. The van der Waals surface area contributed by atoms with Gasteiger partial charge in [0, 0.05) is 19.2 Å². The summed E-state index contributed by atoms with van der Waals surface area (Å²) in [4.78, 5) is 21.8. The summed E-state index contributed by atoms with van der Waals surface area (Å²) in [5, 5.41) is 0. The van der Waals surface area contributed by atoms with Crippen LogP contribution < -0.4 is 0 Å². The Bertz CT molecular complexity index is 374. The molecule has 0 unspecified atom stereocenters. The van der Waals surface area contributed by atoms with Crippen molar-refractivity contribution in [1.29, 1.82) is 0 Å². The first kappa shape index (κ1) is 10.8. The highest BCUT2D eigenvalue weighted by atomic mass is 127. The molecule has 0 fully saturated rings. The van der Waals surface area contributed by atoms with E-state index in [0.29, 0.717) is 21.9 Å². The number of benzene rings is 1. The number of ketones is 1. The lowest BCUT2D eigenvalue weighted by molar-refractivity contribution is 0.100. The molecule has 0 heterocycles. The molecule has 0 saturated heterocycles. The van der Waals surface area contributed by atoms with Gasteiger partial charge in [-0.25, -0.2) is 0 Å². The Hall–Kier alpha value is -0.230. The average molecular weight is 353 g/mol. The number of hydrogen-bond acceptors (Lipinski definition) is 2. The van der Waals surface area contributed by atoms with Gasteiger partial charge in [-0.2, -0.15) is 0 Å². The van der Waals surface area contributed by atoms with Crippen LogP contribution in [0.15, 0.2) is 16.6 Å². The zero-order valence-corrected chi connectivity index (χ0v) is 10.5. The third-order valence-corrected chi connectivity index (χ3v) is 2.81. The van der Waals surface area contributed by atoms with Crippen molar-refractivity contribution in [1.82, 2.24) is 0 Å². The maximum Gasteiger partial charge on any atom is 0.161 e. The summed E-state index contributed by atoms with van der Waals surface area (Å²) in [6.45, 7) is 1.44. The number of halogens is 2. The summed E-state index contributed by atoms with van der Waals surface area (Å²) in [7, 11) is 0. The predicted molar refractivity (Wildman–Crippen MR) is 62.3 cm³/mol. The molecule has 0 aliphatic carbocycles. The van der Waals surface area contributed by atoms with Gasteiger partial charge in [0.1, 0.15) is 0 Å². The Balaban J connectivity index is 3.47. The Kier molecular flexibility index (Phi) is 3.61. The summed E-state index contributed by atoms with van der Waals surface area (Å²) in [5.41, 5.74) is 0.890. The molecule has 0 atom stereocenters. The molecule has 1 aromatic rings. The molecule has 0 N–H and O–H groups in total.